The van der Waals surface area contributed by atoms with Crippen LogP contribution in [0, 0.1) is 11.8 Å². The second-order valence-corrected chi connectivity index (χ2v) is 17.4. The second kappa shape index (κ2) is 28.9. The van der Waals surface area contributed by atoms with Gasteiger partial charge >= 0.3 is 0 Å². The molecule has 11 nitrogen and oxygen atoms in total. The van der Waals surface area contributed by atoms with Crippen LogP contribution in [0.1, 0.15) is 136 Å². The Labute approximate surface area is 322 Å². The molecule has 1 unspecified atom stereocenters. The zero-order valence-corrected chi connectivity index (χ0v) is 34.7. The zero-order chi connectivity index (χ0) is 39.5. The van der Waals surface area contributed by atoms with Crippen LogP contribution < -0.4 is 10.2 Å². The van der Waals surface area contributed by atoms with Gasteiger partial charge in [0.25, 0.3) is 7.82 Å². The quantitative estimate of drug-likeness (QED) is 0.0222. The van der Waals surface area contributed by atoms with Crippen molar-refractivity contribution in [1.29, 1.82) is 0 Å². The van der Waals surface area contributed by atoms with Crippen LogP contribution in [0.4, 0.5) is 0 Å². The highest BCUT2D eigenvalue weighted by Crippen LogP contribution is 2.38. The van der Waals surface area contributed by atoms with Crippen molar-refractivity contribution in [2.75, 3.05) is 40.9 Å². The van der Waals surface area contributed by atoms with Gasteiger partial charge in [0.05, 0.1) is 58.2 Å². The van der Waals surface area contributed by atoms with Gasteiger partial charge in [0, 0.05) is 18.8 Å². The first-order chi connectivity index (χ1) is 25.2. The maximum atomic E-state index is 13.0. The average molecular weight is 773 g/mol. The van der Waals surface area contributed by atoms with Gasteiger partial charge in [-0.25, -0.2) is 0 Å². The molecule has 0 spiro atoms. The van der Waals surface area contributed by atoms with Gasteiger partial charge in [0.2, 0.25) is 5.91 Å². The summed E-state index contributed by atoms with van der Waals surface area (Å²) in [5.74, 6) is -1.01. The largest absolute Gasteiger partial charge is 0.756 e. The lowest BCUT2D eigenvalue weighted by atomic mass is 9.89. The molecule has 8 atom stereocenters. The molecular formula is C41H77N2O9P. The number of phosphoric ester groups is 1. The lowest BCUT2D eigenvalue weighted by Gasteiger charge is -2.29. The molecule has 5 N–H and O–H groups in total. The maximum Gasteiger partial charge on any atom is 0.268 e. The van der Waals surface area contributed by atoms with Crippen LogP contribution in [-0.4, -0.2) is 102 Å². The van der Waals surface area contributed by atoms with Crippen molar-refractivity contribution in [2.45, 2.75) is 166 Å². The molecule has 1 aliphatic rings. The number of carbonyl (C=O) groups is 1. The van der Waals surface area contributed by atoms with E-state index in [-0.39, 0.29) is 31.3 Å². The highest BCUT2D eigenvalue weighted by atomic mass is 31.2. The highest BCUT2D eigenvalue weighted by molar-refractivity contribution is 7.45. The summed E-state index contributed by atoms with van der Waals surface area (Å²) < 4.78 is 23.1. The number of nitrogens with zero attached hydrogens (tertiary/aromatic N) is 1. The van der Waals surface area contributed by atoms with E-state index in [4.69, 9.17) is 9.05 Å². The fraction of sp³-hybridized carbons (Fsp3) is 0.829. The summed E-state index contributed by atoms with van der Waals surface area (Å²) >= 11 is 0. The van der Waals surface area contributed by atoms with E-state index >= 15 is 0 Å². The Kier molecular flexibility index (Phi) is 27.1. The average Bonchev–Trinajstić information content (AvgIpc) is 3.36. The fourth-order valence-corrected chi connectivity index (χ4v) is 7.25. The molecule has 1 saturated carbocycles. The van der Waals surface area contributed by atoms with Crippen molar-refractivity contribution >= 4 is 13.7 Å². The van der Waals surface area contributed by atoms with Gasteiger partial charge in [-0.1, -0.05) is 134 Å². The topological polar surface area (TPSA) is 169 Å². The minimum atomic E-state index is -4.68. The molecule has 0 heterocycles. The normalized spacial score (nSPS) is 22.5. The van der Waals surface area contributed by atoms with Crippen molar-refractivity contribution in [3.05, 3.63) is 36.5 Å². The third-order valence-corrected chi connectivity index (χ3v) is 10.9. The van der Waals surface area contributed by atoms with Gasteiger partial charge in [0.15, 0.2) is 0 Å². The van der Waals surface area contributed by atoms with Gasteiger partial charge in [0.1, 0.15) is 13.2 Å². The van der Waals surface area contributed by atoms with Crippen LogP contribution in [-0.2, 0) is 18.4 Å². The Morgan fingerprint density at radius 1 is 0.849 bits per heavy atom. The molecule has 0 saturated heterocycles. The number of hydrogen-bond acceptors (Lipinski definition) is 9. The van der Waals surface area contributed by atoms with Gasteiger partial charge in [-0.2, -0.15) is 0 Å². The van der Waals surface area contributed by atoms with Gasteiger partial charge < -0.3 is 44.2 Å². The van der Waals surface area contributed by atoms with Crippen molar-refractivity contribution in [3.63, 3.8) is 0 Å². The maximum absolute atomic E-state index is 13.0. The number of quaternary nitrogens is 1. The molecule has 1 aliphatic carbocycles. The summed E-state index contributed by atoms with van der Waals surface area (Å²) in [6.07, 6.45) is 26.0. The third kappa shape index (κ3) is 25.4. The smallest absolute Gasteiger partial charge is 0.268 e. The van der Waals surface area contributed by atoms with Crippen LogP contribution in [0.15, 0.2) is 36.5 Å². The Balaban J connectivity index is 2.69. The van der Waals surface area contributed by atoms with E-state index < -0.39 is 50.8 Å². The molecule has 12 heteroatoms. The Morgan fingerprint density at radius 2 is 1.45 bits per heavy atom. The number of carbonyl (C=O) groups excluding carboxylic acids is 1. The number of allylic oxidation sites excluding steroid dienone is 2. The molecule has 0 aromatic heterocycles. The molecule has 0 aromatic rings. The first-order valence-electron chi connectivity index (χ1n) is 20.6. The van der Waals surface area contributed by atoms with Crippen LogP contribution in [0.2, 0.25) is 0 Å². The first-order valence-corrected chi connectivity index (χ1v) is 22.1. The molecular weight excluding hydrogens is 695 g/mol. The number of rotatable bonds is 32. The number of amides is 1. The minimum Gasteiger partial charge on any atom is -0.756 e. The lowest BCUT2D eigenvalue weighted by molar-refractivity contribution is -0.870. The summed E-state index contributed by atoms with van der Waals surface area (Å²) in [6, 6.07) is -1.03. The molecule has 310 valence electrons. The third-order valence-electron chi connectivity index (χ3n) is 9.94. The summed E-state index contributed by atoms with van der Waals surface area (Å²) in [5, 5.41) is 45.1. The van der Waals surface area contributed by atoms with E-state index in [0.29, 0.717) is 23.9 Å². The van der Waals surface area contributed by atoms with Gasteiger partial charge in [-0.05, 0) is 31.6 Å². The predicted molar refractivity (Wildman–Crippen MR) is 212 cm³/mol. The standard InChI is InChI=1S/C41H77N2O9P/c1-6-8-10-11-12-13-14-15-16-17-18-19-21-26-38(45)37(33-52-53(49,50)51-31-30-43(3,4)5)42-41(48)27-23-22-25-35-36(40(47)32-39(35)46)29-28-34(44)24-20-9-7-2/h21-23,26,28-29,34-40,44-47H,6-20,24-25,27,30-33H2,1-5H3,(H-,42,48,49,50)/b23-22-,26-21+,29-28+/t34-,35+,36-,37+,38-,39+,40-/m1/s1. The van der Waals surface area contributed by atoms with Crippen molar-refractivity contribution in [3.8, 4) is 0 Å². The molecule has 0 radical (unpaired) electrons. The molecule has 0 bridgehead atoms. The SMILES string of the molecule is CCCCCCCCCCCCC/C=C/[C@@H](O)[C@H](COP(=O)([O-])OCC[N+](C)(C)C)NC(=O)C/C=C\C[C@H]1[C@@H](/C=C/[C@H](O)CCCCC)[C@H](O)C[C@@H]1O. The van der Waals surface area contributed by atoms with E-state index in [1.54, 1.807) is 30.4 Å². The van der Waals surface area contributed by atoms with Gasteiger partial charge in [-0.3, -0.25) is 9.36 Å². The van der Waals surface area contributed by atoms with E-state index in [9.17, 15) is 34.7 Å². The highest BCUT2D eigenvalue weighted by Gasteiger charge is 2.39. The number of likely N-dealkylation sites (N-methyl/N-ethyl adjacent to an activating group) is 1. The molecule has 1 rings (SSSR count). The summed E-state index contributed by atoms with van der Waals surface area (Å²) in [6.45, 7) is 4.24. The van der Waals surface area contributed by atoms with E-state index in [0.717, 1.165) is 38.5 Å². The molecule has 1 amide bonds. The molecule has 0 aliphatic heterocycles. The zero-order valence-electron chi connectivity index (χ0n) is 33.8. The van der Waals surface area contributed by atoms with E-state index in [1.807, 2.05) is 27.2 Å². The lowest BCUT2D eigenvalue weighted by Crippen LogP contribution is -2.45. The fourth-order valence-electron chi connectivity index (χ4n) is 6.53. The molecule has 1 fully saturated rings. The minimum absolute atomic E-state index is 0.0390. The van der Waals surface area contributed by atoms with Crippen molar-refractivity contribution in [2.24, 2.45) is 11.8 Å². The molecule has 53 heavy (non-hydrogen) atoms. The van der Waals surface area contributed by atoms with Crippen LogP contribution in [0.5, 0.6) is 0 Å². The van der Waals surface area contributed by atoms with Crippen molar-refractivity contribution in [1.82, 2.24) is 5.32 Å². The monoisotopic (exact) mass is 773 g/mol. The van der Waals surface area contributed by atoms with E-state index in [1.165, 1.54) is 57.8 Å². The Morgan fingerprint density at radius 3 is 2.08 bits per heavy atom. The predicted octanol–water partition coefficient (Wildman–Crippen LogP) is 6.49. The Bertz CT molecular complexity index is 1080. The Hall–Kier alpha value is -1.40. The van der Waals surface area contributed by atoms with Gasteiger partial charge in [-0.15, -0.1) is 0 Å². The number of nitrogens with one attached hydrogen (secondary N) is 1. The number of aliphatic hydroxyl groups excluding tert-OH is 4. The first kappa shape index (κ1) is 49.6. The number of aliphatic hydroxyl groups is 4. The summed E-state index contributed by atoms with van der Waals surface area (Å²) in [7, 11) is 1.06. The van der Waals surface area contributed by atoms with Crippen LogP contribution >= 0.6 is 7.82 Å². The summed E-state index contributed by atoms with van der Waals surface area (Å²) in [5.41, 5.74) is 0. The van der Waals surface area contributed by atoms with Crippen molar-refractivity contribution < 1.29 is 48.2 Å². The number of unbranched alkanes of at least 4 members (excludes halogenated alkanes) is 13. The summed E-state index contributed by atoms with van der Waals surface area (Å²) in [4.78, 5) is 25.4. The van der Waals surface area contributed by atoms with Crippen LogP contribution in [0.3, 0.4) is 0 Å². The van der Waals surface area contributed by atoms with E-state index in [2.05, 4.69) is 19.2 Å². The number of phosphoric acid groups is 1. The molecule has 0 aromatic carbocycles. The second-order valence-electron chi connectivity index (χ2n) is 16.0. The number of hydrogen-bond donors (Lipinski definition) is 5. The van der Waals surface area contributed by atoms with Crippen LogP contribution in [0.25, 0.3) is 0 Å².